The third-order valence-corrected chi connectivity index (χ3v) is 6.50. The van der Waals surface area contributed by atoms with Crippen LogP contribution in [0, 0.1) is 5.82 Å². The summed E-state index contributed by atoms with van der Waals surface area (Å²) in [5.74, 6) is -0.294. The van der Waals surface area contributed by atoms with Gasteiger partial charge in [-0.05, 0) is 42.7 Å². The first-order valence-electron chi connectivity index (χ1n) is 11.6. The Balaban J connectivity index is 1.64. The van der Waals surface area contributed by atoms with E-state index in [0.717, 1.165) is 33.3 Å². The molecule has 0 unspecified atom stereocenters. The summed E-state index contributed by atoms with van der Waals surface area (Å²) in [5, 5.41) is 0.673. The predicted octanol–water partition coefficient (Wildman–Crippen LogP) is 5.50. The van der Waals surface area contributed by atoms with Crippen LogP contribution in [0.5, 0.6) is 11.5 Å². The summed E-state index contributed by atoms with van der Waals surface area (Å²) in [6, 6.07) is 10.8. The minimum absolute atomic E-state index is 0.109. The number of benzene rings is 2. The first kappa shape index (κ1) is 22.7. The van der Waals surface area contributed by atoms with Gasteiger partial charge in [-0.25, -0.2) is 14.4 Å². The minimum atomic E-state index is -0.671. The second-order valence-electron chi connectivity index (χ2n) is 8.86. The van der Waals surface area contributed by atoms with Crippen LogP contribution in [0.2, 0.25) is 0 Å². The molecule has 0 spiro atoms. The molecule has 8 nitrogen and oxygen atoms in total. The maximum Gasteiger partial charge on any atom is 0.256 e. The van der Waals surface area contributed by atoms with Crippen molar-refractivity contribution in [2.45, 2.75) is 13.3 Å². The molecule has 0 radical (unpaired) electrons. The fourth-order valence-electron chi connectivity index (χ4n) is 4.77. The normalized spacial score (nSPS) is 13.5. The number of fused-ring (bicyclic) bond motifs is 4. The number of nitrogens with zero attached hydrogens (tertiary/aromatic N) is 4. The summed E-state index contributed by atoms with van der Waals surface area (Å²) >= 11 is 0. The van der Waals surface area contributed by atoms with Gasteiger partial charge in [-0.3, -0.25) is 14.7 Å². The summed E-state index contributed by atoms with van der Waals surface area (Å²) in [6.07, 6.45) is 6.75. The zero-order chi connectivity index (χ0) is 25.7. The average molecular weight is 496 g/mol. The molecule has 5 aromatic rings. The largest absolute Gasteiger partial charge is 0.496 e. The number of hydrogen-bond acceptors (Lipinski definition) is 6. The molecule has 1 N–H and O–H groups in total. The number of nitrogens with one attached hydrogen (secondary N) is 1. The Morgan fingerprint density at radius 2 is 1.86 bits per heavy atom. The third kappa shape index (κ3) is 3.76. The van der Waals surface area contributed by atoms with Gasteiger partial charge in [-0.15, -0.1) is 0 Å². The summed E-state index contributed by atoms with van der Waals surface area (Å²) in [5.41, 5.74) is 6.17. The van der Waals surface area contributed by atoms with E-state index in [1.165, 1.54) is 30.3 Å². The van der Waals surface area contributed by atoms with E-state index >= 15 is 4.39 Å². The number of aromatic amines is 1. The first-order valence-corrected chi connectivity index (χ1v) is 11.6. The van der Waals surface area contributed by atoms with Gasteiger partial charge in [-0.1, -0.05) is 11.6 Å². The number of amides is 1. The maximum atomic E-state index is 15.3. The molecule has 0 saturated heterocycles. The van der Waals surface area contributed by atoms with Crippen LogP contribution < -0.4 is 14.4 Å². The quantitative estimate of drug-likeness (QED) is 0.354. The van der Waals surface area contributed by atoms with E-state index in [4.69, 9.17) is 9.47 Å². The Kier molecular flexibility index (Phi) is 5.33. The van der Waals surface area contributed by atoms with Gasteiger partial charge in [0, 0.05) is 35.4 Å². The summed E-state index contributed by atoms with van der Waals surface area (Å²) < 4.78 is 26.1. The van der Waals surface area contributed by atoms with E-state index in [1.807, 2.05) is 37.3 Å². The van der Waals surface area contributed by atoms with Crippen LogP contribution in [0.25, 0.3) is 33.1 Å². The highest BCUT2D eigenvalue weighted by atomic mass is 19.1. The molecule has 184 valence electrons. The second kappa shape index (κ2) is 8.70. The number of halogens is 1. The van der Waals surface area contributed by atoms with E-state index in [-0.39, 0.29) is 11.6 Å². The fraction of sp³-hybridized carbons (Fsp3) is 0.143. The van der Waals surface area contributed by atoms with Crippen molar-refractivity contribution in [3.8, 4) is 22.6 Å². The fourth-order valence-corrected chi connectivity index (χ4v) is 4.77. The van der Waals surface area contributed by atoms with Crippen molar-refractivity contribution in [1.29, 1.82) is 0 Å². The van der Waals surface area contributed by atoms with Gasteiger partial charge < -0.3 is 14.5 Å². The molecule has 1 aliphatic rings. The molecule has 0 aliphatic carbocycles. The number of ether oxygens (including phenoxy) is 2. The van der Waals surface area contributed by atoms with Crippen molar-refractivity contribution < 1.29 is 18.7 Å². The third-order valence-electron chi connectivity index (χ3n) is 6.50. The number of allylic oxidation sites excluding steroid dienone is 1. The van der Waals surface area contributed by atoms with Crippen LogP contribution in [0.4, 0.5) is 15.9 Å². The van der Waals surface area contributed by atoms with Gasteiger partial charge in [0.25, 0.3) is 5.91 Å². The van der Waals surface area contributed by atoms with Gasteiger partial charge >= 0.3 is 0 Å². The van der Waals surface area contributed by atoms with Crippen LogP contribution in [-0.2, 0) is 11.2 Å². The number of carbonyl (C=O) groups is 1. The SMILES string of the molecule is COc1cnc(N2C(=O)C=C(C)Cc3cnc4cc(OC)c(-c5ccc6nc[nH]c6c5)cc4c32)c(F)c1. The van der Waals surface area contributed by atoms with Gasteiger partial charge in [0.2, 0.25) is 0 Å². The predicted molar refractivity (Wildman–Crippen MR) is 139 cm³/mol. The van der Waals surface area contributed by atoms with Crippen molar-refractivity contribution in [2.24, 2.45) is 0 Å². The standard InChI is InChI=1S/C28H22FN5O3/c1-15-6-17-12-30-23-11-25(37-3)19(16-4-5-22-24(8-16)33-14-32-22)10-20(23)27(17)34(26(35)7-15)28-21(29)9-18(36-2)13-31-28/h4-5,7-14H,6H2,1-3H3,(H,32,33). The molecular formula is C28H22FN5O3. The monoisotopic (exact) mass is 495 g/mol. The molecule has 0 atom stereocenters. The van der Waals surface area contributed by atoms with Crippen molar-refractivity contribution >= 4 is 39.3 Å². The van der Waals surface area contributed by atoms with Crippen molar-refractivity contribution in [3.05, 3.63) is 78.1 Å². The molecule has 3 aromatic heterocycles. The number of hydrogen-bond donors (Lipinski definition) is 1. The number of methoxy groups -OCH3 is 2. The molecule has 0 saturated carbocycles. The van der Waals surface area contributed by atoms with Gasteiger partial charge in [0.05, 0.1) is 49.0 Å². The number of rotatable bonds is 4. The lowest BCUT2D eigenvalue weighted by molar-refractivity contribution is -0.113. The Bertz CT molecular complexity index is 1740. The Labute approximate surface area is 211 Å². The maximum absolute atomic E-state index is 15.3. The van der Waals surface area contributed by atoms with Gasteiger partial charge in [0.15, 0.2) is 11.6 Å². The summed E-state index contributed by atoms with van der Waals surface area (Å²) in [4.78, 5) is 31.2. The number of H-pyrrole nitrogens is 1. The average Bonchev–Trinajstić information content (AvgIpc) is 3.32. The van der Waals surface area contributed by atoms with Gasteiger partial charge in [-0.2, -0.15) is 0 Å². The molecule has 2 aromatic carbocycles. The van der Waals surface area contributed by atoms with E-state index in [2.05, 4.69) is 19.9 Å². The van der Waals surface area contributed by atoms with Crippen LogP contribution in [-0.4, -0.2) is 40.1 Å². The lowest BCUT2D eigenvalue weighted by Crippen LogP contribution is -2.26. The molecule has 0 fully saturated rings. The molecular weight excluding hydrogens is 473 g/mol. The van der Waals surface area contributed by atoms with Crippen LogP contribution in [0.15, 0.2) is 66.8 Å². The molecule has 1 aliphatic heterocycles. The van der Waals surface area contributed by atoms with Crippen molar-refractivity contribution in [1.82, 2.24) is 19.9 Å². The second-order valence-corrected chi connectivity index (χ2v) is 8.86. The van der Waals surface area contributed by atoms with Crippen LogP contribution >= 0.6 is 0 Å². The Hall–Kier alpha value is -4.79. The summed E-state index contributed by atoms with van der Waals surface area (Å²) in [7, 11) is 3.03. The zero-order valence-electron chi connectivity index (χ0n) is 20.4. The van der Waals surface area contributed by atoms with Crippen LogP contribution in [0.1, 0.15) is 12.5 Å². The lowest BCUT2D eigenvalue weighted by atomic mass is 9.98. The highest BCUT2D eigenvalue weighted by Crippen LogP contribution is 2.43. The first-order chi connectivity index (χ1) is 18.0. The van der Waals surface area contributed by atoms with Gasteiger partial charge in [0.1, 0.15) is 11.5 Å². The highest BCUT2D eigenvalue weighted by molar-refractivity contribution is 6.14. The Morgan fingerprint density at radius 3 is 2.65 bits per heavy atom. The van der Waals surface area contributed by atoms with Crippen molar-refractivity contribution in [2.75, 3.05) is 19.1 Å². The molecule has 6 rings (SSSR count). The van der Waals surface area contributed by atoms with Crippen LogP contribution in [0.3, 0.4) is 0 Å². The van der Waals surface area contributed by atoms with E-state index in [0.29, 0.717) is 28.8 Å². The van der Waals surface area contributed by atoms with E-state index in [1.54, 1.807) is 19.6 Å². The van der Waals surface area contributed by atoms with E-state index < -0.39 is 11.7 Å². The zero-order valence-corrected chi connectivity index (χ0v) is 20.4. The molecule has 1 amide bonds. The smallest absolute Gasteiger partial charge is 0.256 e. The molecule has 0 bridgehead atoms. The number of anilines is 2. The van der Waals surface area contributed by atoms with E-state index in [9.17, 15) is 4.79 Å². The highest BCUT2D eigenvalue weighted by Gasteiger charge is 2.29. The molecule has 37 heavy (non-hydrogen) atoms. The lowest BCUT2D eigenvalue weighted by Gasteiger charge is -2.24. The topological polar surface area (TPSA) is 93.2 Å². The van der Waals surface area contributed by atoms with Crippen molar-refractivity contribution in [3.63, 3.8) is 0 Å². The number of aromatic nitrogens is 4. The minimum Gasteiger partial charge on any atom is -0.496 e. The molecule has 4 heterocycles. The number of pyridine rings is 2. The Morgan fingerprint density at radius 1 is 1.00 bits per heavy atom. The molecule has 9 heteroatoms. The number of carbonyl (C=O) groups excluding carboxylic acids is 1. The number of imidazole rings is 1. The summed E-state index contributed by atoms with van der Waals surface area (Å²) in [6.45, 7) is 1.87.